The lowest BCUT2D eigenvalue weighted by Crippen LogP contribution is -1.99. The van der Waals surface area contributed by atoms with Crippen LogP contribution in [0.2, 0.25) is 0 Å². The summed E-state index contributed by atoms with van der Waals surface area (Å²) < 4.78 is 36.8. The van der Waals surface area contributed by atoms with Crippen molar-refractivity contribution in [3.63, 3.8) is 0 Å². The second-order valence-corrected chi connectivity index (χ2v) is 6.68. The van der Waals surface area contributed by atoms with Gasteiger partial charge in [0.1, 0.15) is 23.0 Å². The van der Waals surface area contributed by atoms with Crippen molar-refractivity contribution in [2.45, 2.75) is 4.90 Å². The highest BCUT2D eigenvalue weighted by Crippen LogP contribution is 2.32. The highest BCUT2D eigenvalue weighted by atomic mass is 32.2. The van der Waals surface area contributed by atoms with Crippen LogP contribution in [0.1, 0.15) is 5.69 Å². The quantitative estimate of drug-likeness (QED) is 0.394. The molecule has 0 spiro atoms. The van der Waals surface area contributed by atoms with Crippen molar-refractivity contribution in [1.29, 1.82) is 0 Å². The number of aromatic nitrogens is 4. The number of halogens is 2. The highest BCUT2D eigenvalue weighted by molar-refractivity contribution is 8.00. The van der Waals surface area contributed by atoms with Gasteiger partial charge in [-0.1, -0.05) is 0 Å². The number of hydrogen-bond donors (Lipinski definition) is 1. The number of fused-ring (bicyclic) bond motifs is 1. The third-order valence-corrected chi connectivity index (χ3v) is 4.89. The van der Waals surface area contributed by atoms with Crippen LogP contribution in [0, 0.1) is 24.0 Å². The van der Waals surface area contributed by atoms with Crippen molar-refractivity contribution in [2.24, 2.45) is 0 Å². The summed E-state index contributed by atoms with van der Waals surface area (Å²) in [6.07, 6.45) is 8.65. The summed E-state index contributed by atoms with van der Waals surface area (Å²) in [6.45, 7) is 0. The first-order valence-electron chi connectivity index (χ1n) is 8.33. The third-order valence-electron chi connectivity index (χ3n) is 4.02. The van der Waals surface area contributed by atoms with E-state index in [-0.39, 0.29) is 4.90 Å². The first-order valence-corrected chi connectivity index (χ1v) is 9.14. The van der Waals surface area contributed by atoms with Crippen LogP contribution in [0.3, 0.4) is 0 Å². The maximum atomic E-state index is 13.9. The van der Waals surface area contributed by atoms with Crippen molar-refractivity contribution < 1.29 is 13.5 Å². The molecule has 0 amide bonds. The number of nitrogens with one attached hydrogen (secondary N) is 1. The van der Waals surface area contributed by atoms with Crippen molar-refractivity contribution in [2.75, 3.05) is 11.8 Å². The standard InChI is InChI=1S/C20H13F2N5OS/c1-3-14-11-23-19-7-5-16(25-27(14)19)12-8-17(20(28-2)24-10-12)26-29-18-6-4-13(21)9-15(18)22/h1,4-11,26H,2H3. The minimum atomic E-state index is -0.667. The molecule has 3 aromatic heterocycles. The maximum Gasteiger partial charge on any atom is 0.237 e. The smallest absolute Gasteiger partial charge is 0.237 e. The molecule has 0 aliphatic heterocycles. The molecule has 0 atom stereocenters. The fraction of sp³-hybridized carbons (Fsp3) is 0.0500. The predicted molar refractivity (Wildman–Crippen MR) is 107 cm³/mol. The lowest BCUT2D eigenvalue weighted by Gasteiger charge is -2.11. The van der Waals surface area contributed by atoms with Crippen LogP contribution in [0.25, 0.3) is 16.9 Å². The molecule has 29 heavy (non-hydrogen) atoms. The number of nitrogens with zero attached hydrogens (tertiary/aromatic N) is 4. The van der Waals surface area contributed by atoms with Gasteiger partial charge in [0.2, 0.25) is 5.88 Å². The number of rotatable bonds is 5. The van der Waals surface area contributed by atoms with E-state index in [0.717, 1.165) is 18.0 Å². The van der Waals surface area contributed by atoms with E-state index >= 15 is 0 Å². The van der Waals surface area contributed by atoms with Crippen molar-refractivity contribution >= 4 is 23.3 Å². The molecule has 0 fully saturated rings. The molecular weight excluding hydrogens is 396 g/mol. The van der Waals surface area contributed by atoms with E-state index < -0.39 is 11.6 Å². The van der Waals surface area contributed by atoms with Crippen LogP contribution in [-0.4, -0.2) is 26.7 Å². The van der Waals surface area contributed by atoms with Gasteiger partial charge in [-0.2, -0.15) is 5.10 Å². The van der Waals surface area contributed by atoms with Crippen LogP contribution in [0.4, 0.5) is 14.5 Å². The molecule has 0 bridgehead atoms. The summed E-state index contributed by atoms with van der Waals surface area (Å²) in [5, 5.41) is 4.51. The van der Waals surface area contributed by atoms with Gasteiger partial charge in [0.25, 0.3) is 0 Å². The van der Waals surface area contributed by atoms with Gasteiger partial charge in [0, 0.05) is 17.8 Å². The summed E-state index contributed by atoms with van der Waals surface area (Å²) in [5.74, 6) is 1.54. The molecule has 1 N–H and O–H groups in total. The molecule has 0 saturated heterocycles. The Morgan fingerprint density at radius 2 is 2.00 bits per heavy atom. The molecule has 6 nitrogen and oxygen atoms in total. The Morgan fingerprint density at radius 3 is 2.76 bits per heavy atom. The van der Waals surface area contributed by atoms with Crippen molar-refractivity contribution in [1.82, 2.24) is 19.6 Å². The Balaban J connectivity index is 1.67. The zero-order valence-corrected chi connectivity index (χ0v) is 15.9. The number of pyridine rings is 1. The molecule has 4 rings (SSSR count). The summed E-state index contributed by atoms with van der Waals surface area (Å²) in [5.41, 5.74) is 2.96. The molecule has 0 saturated carbocycles. The number of terminal acetylenes is 1. The Labute approximate surface area is 169 Å². The lowest BCUT2D eigenvalue weighted by molar-refractivity contribution is 0.400. The first kappa shape index (κ1) is 18.7. The monoisotopic (exact) mass is 409 g/mol. The predicted octanol–water partition coefficient (Wildman–Crippen LogP) is 4.18. The van der Waals surface area contributed by atoms with E-state index in [2.05, 4.69) is 25.7 Å². The summed E-state index contributed by atoms with van der Waals surface area (Å²) in [6, 6.07) is 8.71. The lowest BCUT2D eigenvalue weighted by atomic mass is 10.2. The Morgan fingerprint density at radius 1 is 1.14 bits per heavy atom. The minimum Gasteiger partial charge on any atom is -0.480 e. The molecule has 0 aliphatic carbocycles. The Bertz CT molecular complexity index is 1250. The molecule has 0 aliphatic rings. The molecule has 144 valence electrons. The van der Waals surface area contributed by atoms with E-state index in [1.54, 1.807) is 35.1 Å². The minimum absolute atomic E-state index is 0.232. The van der Waals surface area contributed by atoms with Gasteiger partial charge in [-0.15, -0.1) is 6.42 Å². The van der Waals surface area contributed by atoms with Crippen LogP contribution in [-0.2, 0) is 0 Å². The largest absolute Gasteiger partial charge is 0.480 e. The maximum absolute atomic E-state index is 13.9. The number of ether oxygens (including phenoxy) is 1. The van der Waals surface area contributed by atoms with Gasteiger partial charge in [-0.3, -0.25) is 0 Å². The Kier molecular flexibility index (Phi) is 5.01. The second kappa shape index (κ2) is 7.77. The zero-order valence-electron chi connectivity index (χ0n) is 15.1. The SMILES string of the molecule is C#Cc1cnc2ccc(-c3cnc(OC)c(NSc4ccc(F)cc4F)c3)nn12. The third kappa shape index (κ3) is 3.70. The van der Waals surface area contributed by atoms with E-state index in [0.29, 0.717) is 34.2 Å². The van der Waals surface area contributed by atoms with E-state index in [9.17, 15) is 8.78 Å². The van der Waals surface area contributed by atoms with Gasteiger partial charge in [-0.25, -0.2) is 23.3 Å². The topological polar surface area (TPSA) is 64.3 Å². The molecule has 0 radical (unpaired) electrons. The normalized spacial score (nSPS) is 10.7. The van der Waals surface area contributed by atoms with Crippen LogP contribution in [0.15, 0.2) is 53.7 Å². The van der Waals surface area contributed by atoms with Crippen LogP contribution in [0.5, 0.6) is 5.88 Å². The number of anilines is 1. The molecule has 9 heteroatoms. The fourth-order valence-electron chi connectivity index (χ4n) is 2.62. The van der Waals surface area contributed by atoms with Crippen molar-refractivity contribution in [3.05, 3.63) is 66.1 Å². The molecule has 0 unspecified atom stereocenters. The molecule has 1 aromatic carbocycles. The average molecular weight is 409 g/mol. The summed E-state index contributed by atoms with van der Waals surface area (Å²) >= 11 is 0.978. The van der Waals surface area contributed by atoms with Gasteiger partial charge >= 0.3 is 0 Å². The second-order valence-electron chi connectivity index (χ2n) is 5.84. The average Bonchev–Trinajstić information content (AvgIpc) is 3.15. The van der Waals surface area contributed by atoms with Crippen LogP contribution >= 0.6 is 11.9 Å². The van der Waals surface area contributed by atoms with E-state index in [4.69, 9.17) is 11.2 Å². The van der Waals surface area contributed by atoms with E-state index in [1.165, 1.54) is 19.2 Å². The van der Waals surface area contributed by atoms with Crippen LogP contribution < -0.4 is 9.46 Å². The first-order chi connectivity index (χ1) is 14.1. The molecule has 3 heterocycles. The number of benzene rings is 1. The summed E-state index contributed by atoms with van der Waals surface area (Å²) in [7, 11) is 1.48. The zero-order chi connectivity index (χ0) is 20.4. The highest BCUT2D eigenvalue weighted by Gasteiger charge is 2.12. The van der Waals surface area contributed by atoms with Gasteiger partial charge in [0.05, 0.1) is 23.9 Å². The van der Waals surface area contributed by atoms with E-state index in [1.807, 2.05) is 0 Å². The summed E-state index contributed by atoms with van der Waals surface area (Å²) in [4.78, 5) is 8.70. The van der Waals surface area contributed by atoms with Gasteiger partial charge in [-0.05, 0) is 48.2 Å². The number of hydrogen-bond acceptors (Lipinski definition) is 6. The van der Waals surface area contributed by atoms with Gasteiger partial charge < -0.3 is 9.46 Å². The van der Waals surface area contributed by atoms with Crippen molar-refractivity contribution in [3.8, 4) is 29.5 Å². The number of imidazole rings is 1. The number of methoxy groups -OCH3 is 1. The Hall–Kier alpha value is -3.64. The molecular formula is C20H13F2N5OS. The molecule has 4 aromatic rings. The fourth-order valence-corrected chi connectivity index (χ4v) is 3.28. The van der Waals surface area contributed by atoms with Gasteiger partial charge in [0.15, 0.2) is 5.65 Å².